The van der Waals surface area contributed by atoms with Gasteiger partial charge in [0.25, 0.3) is 0 Å². The molecule has 3 nitrogen and oxygen atoms in total. The molecular formula is C25H25NO2. The third-order valence-electron chi connectivity index (χ3n) is 5.43. The van der Waals surface area contributed by atoms with Crippen LogP contribution in [-0.2, 0) is 16.1 Å². The molecule has 0 aliphatic heterocycles. The van der Waals surface area contributed by atoms with Gasteiger partial charge in [0.1, 0.15) is 0 Å². The molecule has 0 aromatic heterocycles. The molecule has 0 bridgehead atoms. The van der Waals surface area contributed by atoms with Gasteiger partial charge in [0.05, 0.1) is 5.71 Å². The van der Waals surface area contributed by atoms with E-state index in [9.17, 15) is 4.79 Å². The number of hydrogen-bond donors (Lipinski definition) is 0. The van der Waals surface area contributed by atoms with Crippen LogP contribution >= 0.6 is 0 Å². The first-order valence-electron chi connectivity index (χ1n) is 10.1. The summed E-state index contributed by atoms with van der Waals surface area (Å²) in [6, 6.07) is 19.5. The van der Waals surface area contributed by atoms with E-state index in [4.69, 9.17) is 4.84 Å². The van der Waals surface area contributed by atoms with E-state index in [2.05, 4.69) is 66.7 Å². The normalized spacial score (nSPS) is 12.7. The molecule has 0 N–H and O–H groups in total. The quantitative estimate of drug-likeness (QED) is 0.174. The Hall–Kier alpha value is -2.94. The van der Waals surface area contributed by atoms with Crippen LogP contribution in [0.4, 0.5) is 0 Å². The van der Waals surface area contributed by atoms with E-state index in [1.54, 1.807) is 0 Å². The first-order chi connectivity index (χ1) is 13.7. The molecule has 1 aliphatic rings. The van der Waals surface area contributed by atoms with Gasteiger partial charge in [0, 0.05) is 12.5 Å². The van der Waals surface area contributed by atoms with Gasteiger partial charge in [-0.2, -0.15) is 0 Å². The van der Waals surface area contributed by atoms with Crippen molar-refractivity contribution in [3.05, 3.63) is 71.3 Å². The molecule has 0 saturated heterocycles. The van der Waals surface area contributed by atoms with Crippen LogP contribution in [0, 0.1) is 0 Å². The second-order valence-corrected chi connectivity index (χ2v) is 7.41. The van der Waals surface area contributed by atoms with E-state index in [0.717, 1.165) is 43.4 Å². The van der Waals surface area contributed by atoms with Crippen LogP contribution in [0.2, 0.25) is 0 Å². The van der Waals surface area contributed by atoms with Crippen molar-refractivity contribution < 1.29 is 9.63 Å². The van der Waals surface area contributed by atoms with Crippen molar-refractivity contribution in [1.82, 2.24) is 0 Å². The number of rotatable bonds is 6. The lowest BCUT2D eigenvalue weighted by Crippen LogP contribution is -2.08. The molecule has 3 aromatic rings. The maximum absolute atomic E-state index is 11.3. The van der Waals surface area contributed by atoms with E-state index in [-0.39, 0.29) is 5.97 Å². The predicted molar refractivity (Wildman–Crippen MR) is 115 cm³/mol. The van der Waals surface area contributed by atoms with E-state index in [1.807, 2.05) is 0 Å². The summed E-state index contributed by atoms with van der Waals surface area (Å²) < 4.78 is 0. The number of oxime groups is 1. The van der Waals surface area contributed by atoms with Gasteiger partial charge in [-0.1, -0.05) is 79.5 Å². The van der Waals surface area contributed by atoms with Crippen molar-refractivity contribution in [2.24, 2.45) is 5.16 Å². The lowest BCUT2D eigenvalue weighted by atomic mass is 9.82. The van der Waals surface area contributed by atoms with Crippen molar-refractivity contribution in [2.75, 3.05) is 0 Å². The third kappa shape index (κ3) is 3.45. The average Bonchev–Trinajstić information content (AvgIpc) is 2.71. The van der Waals surface area contributed by atoms with E-state index in [0.29, 0.717) is 0 Å². The molecule has 0 saturated carbocycles. The molecule has 142 valence electrons. The van der Waals surface area contributed by atoms with Gasteiger partial charge >= 0.3 is 5.97 Å². The molecular weight excluding hydrogens is 346 g/mol. The predicted octanol–water partition coefficient (Wildman–Crippen LogP) is 6.26. The highest BCUT2D eigenvalue weighted by Crippen LogP contribution is 2.40. The minimum Gasteiger partial charge on any atom is -0.318 e. The number of unbranched alkanes of at least 4 members (excludes halogenated alkanes) is 2. The zero-order chi connectivity index (χ0) is 19.5. The molecule has 3 aromatic carbocycles. The molecule has 0 heterocycles. The summed E-state index contributed by atoms with van der Waals surface area (Å²) in [6.07, 6.45) is 5.05. The van der Waals surface area contributed by atoms with Crippen LogP contribution in [0.3, 0.4) is 0 Å². The molecule has 0 fully saturated rings. The molecule has 0 radical (unpaired) electrons. The number of fused-ring (bicyclic) bond motifs is 2. The summed E-state index contributed by atoms with van der Waals surface area (Å²) in [5, 5.41) is 6.71. The highest BCUT2D eigenvalue weighted by molar-refractivity contribution is 6.15. The molecule has 1 aliphatic carbocycles. The van der Waals surface area contributed by atoms with E-state index in [1.165, 1.54) is 39.9 Å². The summed E-state index contributed by atoms with van der Waals surface area (Å²) in [5.74, 6) is -0.385. The van der Waals surface area contributed by atoms with Crippen LogP contribution in [0.5, 0.6) is 0 Å². The lowest BCUT2D eigenvalue weighted by molar-refractivity contribution is -0.140. The van der Waals surface area contributed by atoms with Gasteiger partial charge in [-0.15, -0.1) is 0 Å². The number of nitrogens with zero attached hydrogens (tertiary/aromatic N) is 1. The summed E-state index contributed by atoms with van der Waals surface area (Å²) in [4.78, 5) is 16.4. The van der Waals surface area contributed by atoms with Crippen molar-refractivity contribution in [3.63, 3.8) is 0 Å². The smallest absolute Gasteiger partial charge is 0.318 e. The van der Waals surface area contributed by atoms with Crippen molar-refractivity contribution in [2.45, 2.75) is 46.0 Å². The molecule has 4 rings (SSSR count). The Morgan fingerprint density at radius 3 is 2.61 bits per heavy atom. The number of carbonyl (C=O) groups excluding carboxylic acids is 1. The SMILES string of the molecule is CCCCC/C(=N/OC(C)=O)c1ccc2c3c(cccc13)-c1ccccc1C2. The molecule has 0 spiro atoms. The summed E-state index contributed by atoms with van der Waals surface area (Å²) in [5.41, 5.74) is 7.21. The zero-order valence-electron chi connectivity index (χ0n) is 16.5. The minimum atomic E-state index is -0.385. The van der Waals surface area contributed by atoms with Gasteiger partial charge in [-0.25, -0.2) is 4.79 Å². The molecule has 0 amide bonds. The molecule has 28 heavy (non-hydrogen) atoms. The molecule has 0 unspecified atom stereocenters. The lowest BCUT2D eigenvalue weighted by Gasteiger charge is -2.22. The van der Waals surface area contributed by atoms with Crippen LogP contribution < -0.4 is 0 Å². The van der Waals surface area contributed by atoms with Gasteiger partial charge < -0.3 is 4.84 Å². The topological polar surface area (TPSA) is 38.7 Å². The maximum atomic E-state index is 11.3. The fourth-order valence-corrected chi connectivity index (χ4v) is 4.14. The first-order valence-corrected chi connectivity index (χ1v) is 10.1. The second kappa shape index (κ2) is 7.97. The van der Waals surface area contributed by atoms with Crippen molar-refractivity contribution in [3.8, 4) is 11.1 Å². The third-order valence-corrected chi connectivity index (χ3v) is 5.43. The fourth-order valence-electron chi connectivity index (χ4n) is 4.14. The Bertz CT molecular complexity index is 1070. The van der Waals surface area contributed by atoms with Gasteiger partial charge in [0.2, 0.25) is 0 Å². The number of carbonyl (C=O) groups is 1. The Balaban J connectivity index is 1.86. The van der Waals surface area contributed by atoms with Crippen LogP contribution in [0.15, 0.2) is 59.8 Å². The Morgan fingerprint density at radius 1 is 0.964 bits per heavy atom. The maximum Gasteiger partial charge on any atom is 0.331 e. The van der Waals surface area contributed by atoms with Gasteiger partial charge in [-0.05, 0) is 52.3 Å². The van der Waals surface area contributed by atoms with Crippen molar-refractivity contribution >= 4 is 22.5 Å². The Morgan fingerprint density at radius 2 is 1.79 bits per heavy atom. The number of hydrogen-bond acceptors (Lipinski definition) is 3. The van der Waals surface area contributed by atoms with Crippen LogP contribution in [-0.4, -0.2) is 11.7 Å². The molecule has 3 heteroatoms. The van der Waals surface area contributed by atoms with E-state index < -0.39 is 0 Å². The Kier molecular flexibility index (Phi) is 5.25. The van der Waals surface area contributed by atoms with E-state index >= 15 is 0 Å². The average molecular weight is 371 g/mol. The monoisotopic (exact) mass is 371 g/mol. The number of benzene rings is 3. The zero-order valence-corrected chi connectivity index (χ0v) is 16.5. The summed E-state index contributed by atoms with van der Waals surface area (Å²) in [6.45, 7) is 3.57. The van der Waals surface area contributed by atoms with Crippen LogP contribution in [0.1, 0.15) is 56.2 Å². The highest BCUT2D eigenvalue weighted by atomic mass is 16.7. The fraction of sp³-hybridized carbons (Fsp3) is 0.280. The molecule has 0 atom stereocenters. The van der Waals surface area contributed by atoms with Gasteiger partial charge in [0.15, 0.2) is 0 Å². The summed E-state index contributed by atoms with van der Waals surface area (Å²) >= 11 is 0. The highest BCUT2D eigenvalue weighted by Gasteiger charge is 2.20. The largest absolute Gasteiger partial charge is 0.331 e. The Labute approximate surface area is 166 Å². The van der Waals surface area contributed by atoms with Crippen molar-refractivity contribution in [1.29, 1.82) is 0 Å². The minimum absolute atomic E-state index is 0.385. The van der Waals surface area contributed by atoms with Gasteiger partial charge in [-0.3, -0.25) is 0 Å². The standard InChI is InChI=1S/C25H25NO2/c1-3-4-5-13-24(26-28-17(2)27)21-15-14-19-16-18-9-6-7-10-20(18)22-11-8-12-23(21)25(19)22/h6-12,14-15H,3-5,13,16H2,1-2H3/b26-24-. The first kappa shape index (κ1) is 18.4. The summed E-state index contributed by atoms with van der Waals surface area (Å²) in [7, 11) is 0. The van der Waals surface area contributed by atoms with Crippen LogP contribution in [0.25, 0.3) is 21.9 Å². The second-order valence-electron chi connectivity index (χ2n) is 7.41.